The standard InChI is InChI=1S/C35H49NO10/c1-8-36-17-32(18-40-3)14-13-23(42-5)35-22-15-33(39)24(43-6)16-34(46-19(2)37,26(29(35)36)27(44-7)28(32)35)25(22)30(33)45-31(38)20-9-11-21(41-4)12-10-20/h9-12,22-30,39H,8,13-18H2,1-7H3/t22-,23+,24+,25-,26-,27+,28+,29?,30-,32+,33+,34-,35+/m1/s1. The van der Waals surface area contributed by atoms with Gasteiger partial charge in [0.15, 0.2) is 0 Å². The van der Waals surface area contributed by atoms with Crippen molar-refractivity contribution >= 4 is 11.9 Å². The SMILES string of the molecule is CCN1C[C@]2(COC)CC[C@H](OC)[C@]34C1[C@@H]([C@H](OC)[C@@H]23)[C@@]1(OC(C)=O)C[C@H](OC)[C@@]2(O)C[C@@H]4[C@@H]1[C@H]2OC(=O)c1ccc(OC)cc1. The minimum atomic E-state index is -1.51. The lowest BCUT2D eigenvalue weighted by atomic mass is 9.43. The number of ether oxygens (including phenoxy) is 7. The molecule has 13 atom stereocenters. The summed E-state index contributed by atoms with van der Waals surface area (Å²) in [6.07, 6.45) is 0.142. The summed E-state index contributed by atoms with van der Waals surface area (Å²) in [4.78, 5) is 29.7. The number of rotatable bonds is 10. The number of carbonyl (C=O) groups excluding carboxylic acids is 2. The van der Waals surface area contributed by atoms with Crippen LogP contribution in [0.15, 0.2) is 24.3 Å². The fourth-order valence-corrected chi connectivity index (χ4v) is 12.4. The molecule has 1 aromatic rings. The topological polar surface area (TPSA) is 122 Å². The fourth-order valence-electron chi connectivity index (χ4n) is 12.4. The van der Waals surface area contributed by atoms with Crippen LogP contribution in [0.25, 0.3) is 0 Å². The van der Waals surface area contributed by atoms with Crippen LogP contribution < -0.4 is 4.74 Å². The van der Waals surface area contributed by atoms with E-state index in [0.717, 1.165) is 25.9 Å². The number of methoxy groups -OCH3 is 5. The molecule has 11 nitrogen and oxygen atoms in total. The third-order valence-corrected chi connectivity index (χ3v) is 13.3. The van der Waals surface area contributed by atoms with Crippen LogP contribution in [-0.4, -0.2) is 119 Å². The summed E-state index contributed by atoms with van der Waals surface area (Å²) in [6, 6.07) is 6.66. The second kappa shape index (κ2) is 11.1. The van der Waals surface area contributed by atoms with Crippen LogP contribution in [-0.2, 0) is 33.2 Å². The maximum absolute atomic E-state index is 13.9. The molecule has 1 aromatic carbocycles. The fraction of sp³-hybridized carbons (Fsp3) is 0.771. The van der Waals surface area contributed by atoms with Gasteiger partial charge in [0.1, 0.15) is 23.1 Å². The van der Waals surface area contributed by atoms with Crippen molar-refractivity contribution in [3.05, 3.63) is 29.8 Å². The molecular formula is C35H49NO10. The highest BCUT2D eigenvalue weighted by Crippen LogP contribution is 2.80. The van der Waals surface area contributed by atoms with Gasteiger partial charge in [-0.3, -0.25) is 9.69 Å². The van der Waals surface area contributed by atoms with Gasteiger partial charge in [-0.2, -0.15) is 0 Å². The highest BCUT2D eigenvalue weighted by molar-refractivity contribution is 5.89. The van der Waals surface area contributed by atoms with E-state index in [2.05, 4.69) is 11.8 Å². The van der Waals surface area contributed by atoms with Gasteiger partial charge in [-0.15, -0.1) is 0 Å². The molecule has 5 aliphatic carbocycles. The zero-order valence-corrected chi connectivity index (χ0v) is 28.0. The van der Waals surface area contributed by atoms with Crippen LogP contribution in [0, 0.1) is 34.5 Å². The molecule has 11 heteroatoms. The first kappa shape index (κ1) is 32.3. The molecule has 5 saturated carbocycles. The Hall–Kier alpha value is -2.28. The monoisotopic (exact) mass is 643 g/mol. The van der Waals surface area contributed by atoms with E-state index in [1.54, 1.807) is 59.8 Å². The van der Waals surface area contributed by atoms with Crippen molar-refractivity contribution in [2.24, 2.45) is 34.5 Å². The van der Waals surface area contributed by atoms with E-state index in [-0.39, 0.29) is 47.8 Å². The van der Waals surface area contributed by atoms with Gasteiger partial charge in [-0.25, -0.2) is 4.79 Å². The normalized spacial score (nSPS) is 46.6. The maximum Gasteiger partial charge on any atom is 0.338 e. The third kappa shape index (κ3) is 3.87. The number of aliphatic hydroxyl groups is 1. The van der Waals surface area contributed by atoms with Gasteiger partial charge >= 0.3 is 11.9 Å². The molecule has 1 saturated heterocycles. The lowest BCUT2D eigenvalue weighted by Gasteiger charge is -2.69. The first-order valence-electron chi connectivity index (χ1n) is 16.6. The molecule has 0 amide bonds. The highest BCUT2D eigenvalue weighted by Gasteiger charge is 2.89. The van der Waals surface area contributed by atoms with Gasteiger partial charge in [-0.1, -0.05) is 6.92 Å². The van der Waals surface area contributed by atoms with Gasteiger partial charge in [0, 0.05) is 83.0 Å². The summed E-state index contributed by atoms with van der Waals surface area (Å²) in [5, 5.41) is 12.8. The van der Waals surface area contributed by atoms with E-state index < -0.39 is 46.7 Å². The molecule has 1 aliphatic heterocycles. The number of hydrogen-bond donors (Lipinski definition) is 1. The highest BCUT2D eigenvalue weighted by atomic mass is 16.6. The molecule has 0 aromatic heterocycles. The Morgan fingerprint density at radius 3 is 2.28 bits per heavy atom. The second-order valence-corrected chi connectivity index (χ2v) is 14.6. The van der Waals surface area contributed by atoms with Crippen molar-refractivity contribution in [1.29, 1.82) is 0 Å². The second-order valence-electron chi connectivity index (χ2n) is 14.6. The van der Waals surface area contributed by atoms with Gasteiger partial charge < -0.3 is 38.3 Å². The lowest BCUT2D eigenvalue weighted by Crippen LogP contribution is -2.77. The Morgan fingerprint density at radius 2 is 1.70 bits per heavy atom. The van der Waals surface area contributed by atoms with Gasteiger partial charge in [0.05, 0.1) is 37.6 Å². The van der Waals surface area contributed by atoms with E-state index in [0.29, 0.717) is 24.3 Å². The zero-order valence-electron chi connectivity index (χ0n) is 28.0. The molecule has 1 spiro atoms. The van der Waals surface area contributed by atoms with Crippen molar-refractivity contribution in [1.82, 2.24) is 4.90 Å². The predicted molar refractivity (Wildman–Crippen MR) is 164 cm³/mol. The number of likely N-dealkylation sites (tertiary alicyclic amines) is 1. The molecule has 46 heavy (non-hydrogen) atoms. The van der Waals surface area contributed by atoms with Crippen molar-refractivity contribution < 1.29 is 47.9 Å². The molecule has 0 radical (unpaired) electrons. The molecule has 1 heterocycles. The van der Waals surface area contributed by atoms with Crippen LogP contribution in [0.4, 0.5) is 0 Å². The Balaban J connectivity index is 1.46. The predicted octanol–water partition coefficient (Wildman–Crippen LogP) is 2.72. The molecule has 6 fully saturated rings. The average Bonchev–Trinajstić information content (AvgIpc) is 3.42. The Kier molecular flexibility index (Phi) is 7.81. The zero-order chi connectivity index (χ0) is 32.8. The van der Waals surface area contributed by atoms with Crippen LogP contribution in [0.1, 0.15) is 49.9 Å². The van der Waals surface area contributed by atoms with Crippen LogP contribution >= 0.6 is 0 Å². The van der Waals surface area contributed by atoms with E-state index in [4.69, 9.17) is 33.2 Å². The molecule has 1 unspecified atom stereocenters. The Labute approximate surface area is 271 Å². The number of carbonyl (C=O) groups is 2. The molecule has 7 rings (SSSR count). The summed E-state index contributed by atoms with van der Waals surface area (Å²) >= 11 is 0. The van der Waals surface area contributed by atoms with Crippen LogP contribution in [0.2, 0.25) is 0 Å². The summed E-state index contributed by atoms with van der Waals surface area (Å²) in [5.74, 6) is -1.38. The Bertz CT molecular complexity index is 1360. The van der Waals surface area contributed by atoms with E-state index in [1.807, 2.05) is 0 Å². The first-order valence-corrected chi connectivity index (χ1v) is 16.6. The van der Waals surface area contributed by atoms with Crippen molar-refractivity contribution in [2.75, 3.05) is 55.2 Å². The first-order chi connectivity index (χ1) is 22.1. The van der Waals surface area contributed by atoms with Crippen molar-refractivity contribution in [2.45, 2.75) is 81.2 Å². The molecule has 6 aliphatic rings. The summed E-state index contributed by atoms with van der Waals surface area (Å²) in [5.41, 5.74) is -3.03. The number of nitrogens with zero attached hydrogens (tertiary/aromatic N) is 1. The quantitative estimate of drug-likeness (QED) is 0.379. The average molecular weight is 644 g/mol. The van der Waals surface area contributed by atoms with Gasteiger partial charge in [-0.05, 0) is 56.0 Å². The smallest absolute Gasteiger partial charge is 0.338 e. The molecule has 1 N–H and O–H groups in total. The summed E-state index contributed by atoms with van der Waals surface area (Å²) in [7, 11) is 8.44. The maximum atomic E-state index is 13.9. The molecule has 254 valence electrons. The summed E-state index contributed by atoms with van der Waals surface area (Å²) < 4.78 is 43.6. The summed E-state index contributed by atoms with van der Waals surface area (Å²) in [6.45, 7) is 5.80. The number of fused-ring (bicyclic) bond motifs is 2. The van der Waals surface area contributed by atoms with Gasteiger partial charge in [0.2, 0.25) is 0 Å². The number of hydrogen-bond acceptors (Lipinski definition) is 11. The molecular weight excluding hydrogens is 594 g/mol. The number of piperidine rings is 1. The van der Waals surface area contributed by atoms with Crippen LogP contribution in [0.5, 0.6) is 5.75 Å². The van der Waals surface area contributed by atoms with Crippen molar-refractivity contribution in [3.63, 3.8) is 0 Å². The van der Waals surface area contributed by atoms with Gasteiger partial charge in [0.25, 0.3) is 0 Å². The third-order valence-electron chi connectivity index (χ3n) is 13.3. The van der Waals surface area contributed by atoms with E-state index in [1.165, 1.54) is 6.92 Å². The largest absolute Gasteiger partial charge is 0.497 e. The Morgan fingerprint density at radius 1 is 0.978 bits per heavy atom. The number of esters is 2. The minimum Gasteiger partial charge on any atom is -0.497 e. The number of benzene rings is 1. The lowest BCUT2D eigenvalue weighted by molar-refractivity contribution is -0.287. The van der Waals surface area contributed by atoms with Crippen molar-refractivity contribution in [3.8, 4) is 5.75 Å². The minimum absolute atomic E-state index is 0.00534. The van der Waals surface area contributed by atoms with Crippen LogP contribution in [0.3, 0.4) is 0 Å². The van der Waals surface area contributed by atoms with E-state index in [9.17, 15) is 14.7 Å². The molecule has 7 bridgehead atoms. The van der Waals surface area contributed by atoms with E-state index >= 15 is 0 Å².